The highest BCUT2D eigenvalue weighted by molar-refractivity contribution is 8.02. The number of benzene rings is 1. The second-order valence-electron chi connectivity index (χ2n) is 2.47. The molecule has 13 heavy (non-hydrogen) atoms. The molecule has 0 N–H and O–H groups in total. The van der Waals surface area contributed by atoms with Crippen molar-refractivity contribution in [2.45, 2.75) is 5.75 Å². The van der Waals surface area contributed by atoms with Gasteiger partial charge in [-0.2, -0.15) is 14.0 Å². The van der Waals surface area contributed by atoms with Crippen LogP contribution < -0.4 is 0 Å². The third-order valence-corrected chi connectivity index (χ3v) is 2.79. The quantitative estimate of drug-likeness (QED) is 0.709. The Hall–Kier alpha value is -1.12. The summed E-state index contributed by atoms with van der Waals surface area (Å²) in [5.41, 5.74) is 2.96. The van der Waals surface area contributed by atoms with Gasteiger partial charge in [0.2, 0.25) is 0 Å². The maximum Gasteiger partial charge on any atom is 0.133 e. The molecular formula is C8H5N3S2. The van der Waals surface area contributed by atoms with Crippen LogP contribution >= 0.6 is 23.5 Å². The predicted molar refractivity (Wildman–Crippen MR) is 54.3 cm³/mol. The zero-order valence-corrected chi connectivity index (χ0v) is 8.23. The molecule has 2 aromatic rings. The lowest BCUT2D eigenvalue weighted by molar-refractivity contribution is 1.43. The molecule has 1 aromatic heterocycles. The SMILES string of the molecule is N#CSCc1ccc2nsnc2c1. The minimum Gasteiger partial charge on any atom is -0.185 e. The molecule has 3 nitrogen and oxygen atoms in total. The van der Waals surface area contributed by atoms with E-state index < -0.39 is 0 Å². The third-order valence-electron chi connectivity index (χ3n) is 1.62. The summed E-state index contributed by atoms with van der Waals surface area (Å²) in [4.78, 5) is 0. The lowest BCUT2D eigenvalue weighted by Crippen LogP contribution is -1.78. The van der Waals surface area contributed by atoms with Gasteiger partial charge in [0.25, 0.3) is 0 Å². The molecule has 0 amide bonds. The Bertz CT molecular complexity index is 458. The average Bonchev–Trinajstić information content (AvgIpc) is 2.61. The van der Waals surface area contributed by atoms with E-state index in [4.69, 9.17) is 5.26 Å². The van der Waals surface area contributed by atoms with Gasteiger partial charge in [0.15, 0.2) is 0 Å². The Kier molecular flexibility index (Phi) is 2.43. The summed E-state index contributed by atoms with van der Waals surface area (Å²) in [7, 11) is 0. The zero-order chi connectivity index (χ0) is 9.10. The van der Waals surface area contributed by atoms with Gasteiger partial charge in [0, 0.05) is 5.75 Å². The van der Waals surface area contributed by atoms with Crippen molar-refractivity contribution in [2.75, 3.05) is 0 Å². The van der Waals surface area contributed by atoms with Crippen molar-refractivity contribution in [3.8, 4) is 5.40 Å². The van der Waals surface area contributed by atoms with Crippen molar-refractivity contribution in [3.05, 3.63) is 23.8 Å². The fourth-order valence-electron chi connectivity index (χ4n) is 1.03. The molecule has 5 heteroatoms. The summed E-state index contributed by atoms with van der Waals surface area (Å²) in [5, 5.41) is 10.4. The van der Waals surface area contributed by atoms with Gasteiger partial charge in [-0.05, 0) is 29.5 Å². The second kappa shape index (κ2) is 3.73. The molecule has 1 aromatic carbocycles. The van der Waals surface area contributed by atoms with Crippen LogP contribution in [0.15, 0.2) is 18.2 Å². The molecule has 0 spiro atoms. The molecule has 0 unspecified atom stereocenters. The van der Waals surface area contributed by atoms with Crippen LogP contribution in [0.25, 0.3) is 11.0 Å². The minimum atomic E-state index is 0.712. The van der Waals surface area contributed by atoms with Crippen LogP contribution in [-0.2, 0) is 5.75 Å². The van der Waals surface area contributed by atoms with Crippen molar-refractivity contribution in [1.82, 2.24) is 8.75 Å². The first-order valence-corrected chi connectivity index (χ1v) is 5.34. The molecule has 0 atom stereocenters. The Labute approximate surface area is 83.7 Å². The zero-order valence-electron chi connectivity index (χ0n) is 6.60. The van der Waals surface area contributed by atoms with Crippen LogP contribution in [0.2, 0.25) is 0 Å². The van der Waals surface area contributed by atoms with Gasteiger partial charge >= 0.3 is 0 Å². The third kappa shape index (κ3) is 1.79. The van der Waals surface area contributed by atoms with Gasteiger partial charge in [-0.25, -0.2) is 0 Å². The monoisotopic (exact) mass is 207 g/mol. The van der Waals surface area contributed by atoms with Gasteiger partial charge in [0.05, 0.1) is 11.7 Å². The number of nitrogens with zero attached hydrogens (tertiary/aromatic N) is 3. The average molecular weight is 207 g/mol. The van der Waals surface area contributed by atoms with Gasteiger partial charge in [-0.1, -0.05) is 6.07 Å². The van der Waals surface area contributed by atoms with Crippen molar-refractivity contribution < 1.29 is 0 Å². The van der Waals surface area contributed by atoms with Crippen molar-refractivity contribution in [1.29, 1.82) is 5.26 Å². The van der Waals surface area contributed by atoms with Crippen molar-refractivity contribution in [2.24, 2.45) is 0 Å². The van der Waals surface area contributed by atoms with Crippen molar-refractivity contribution in [3.63, 3.8) is 0 Å². The Morgan fingerprint density at radius 3 is 3.08 bits per heavy atom. The predicted octanol–water partition coefficient (Wildman–Crippen LogP) is 2.41. The number of aromatic nitrogens is 2. The number of hydrogen-bond acceptors (Lipinski definition) is 5. The number of rotatable bonds is 2. The van der Waals surface area contributed by atoms with Crippen molar-refractivity contribution >= 4 is 34.5 Å². The van der Waals surface area contributed by atoms with Gasteiger partial charge in [-0.3, -0.25) is 0 Å². The number of nitriles is 1. The molecule has 0 saturated heterocycles. The normalized spacial score (nSPS) is 10.1. The van der Waals surface area contributed by atoms with E-state index in [0.717, 1.165) is 16.6 Å². The van der Waals surface area contributed by atoms with E-state index in [-0.39, 0.29) is 0 Å². The van der Waals surface area contributed by atoms with E-state index in [1.165, 1.54) is 23.5 Å². The molecule has 0 aliphatic rings. The number of fused-ring (bicyclic) bond motifs is 1. The Balaban J connectivity index is 2.33. The molecular weight excluding hydrogens is 202 g/mol. The van der Waals surface area contributed by atoms with Crippen LogP contribution in [0, 0.1) is 10.7 Å². The molecule has 1 heterocycles. The maximum atomic E-state index is 8.39. The lowest BCUT2D eigenvalue weighted by Gasteiger charge is -1.94. The standard InChI is InChI=1S/C8H5N3S2/c9-5-12-4-6-1-2-7-8(3-6)11-13-10-7/h1-3H,4H2. The minimum absolute atomic E-state index is 0.712. The highest BCUT2D eigenvalue weighted by Gasteiger charge is 1.99. The molecule has 0 saturated carbocycles. The molecule has 0 fully saturated rings. The van der Waals surface area contributed by atoms with Crippen LogP contribution in [0.1, 0.15) is 5.56 Å². The van der Waals surface area contributed by atoms with Gasteiger partial charge < -0.3 is 0 Å². The smallest absolute Gasteiger partial charge is 0.133 e. The number of hydrogen-bond donors (Lipinski definition) is 0. The first-order chi connectivity index (χ1) is 6.40. The topological polar surface area (TPSA) is 49.6 Å². The summed E-state index contributed by atoms with van der Waals surface area (Å²) >= 11 is 2.45. The second-order valence-corrected chi connectivity index (χ2v) is 3.76. The lowest BCUT2D eigenvalue weighted by atomic mass is 10.2. The molecule has 2 rings (SSSR count). The highest BCUT2D eigenvalue weighted by Crippen LogP contribution is 2.17. The van der Waals surface area contributed by atoms with E-state index in [9.17, 15) is 0 Å². The Morgan fingerprint density at radius 2 is 2.23 bits per heavy atom. The Morgan fingerprint density at radius 1 is 1.38 bits per heavy atom. The number of thiocyanates is 1. The molecule has 0 aliphatic heterocycles. The van der Waals surface area contributed by atoms with Crippen LogP contribution in [0.4, 0.5) is 0 Å². The van der Waals surface area contributed by atoms with E-state index in [1.807, 2.05) is 23.6 Å². The fourth-order valence-corrected chi connectivity index (χ4v) is 1.96. The summed E-state index contributed by atoms with van der Waals surface area (Å²) < 4.78 is 8.22. The summed E-state index contributed by atoms with van der Waals surface area (Å²) in [6.07, 6.45) is 0. The number of thioether (sulfide) groups is 1. The van der Waals surface area contributed by atoms with Gasteiger partial charge in [0.1, 0.15) is 16.4 Å². The van der Waals surface area contributed by atoms with Crippen LogP contribution in [-0.4, -0.2) is 8.75 Å². The molecule has 0 radical (unpaired) electrons. The van der Waals surface area contributed by atoms with Crippen LogP contribution in [0.3, 0.4) is 0 Å². The van der Waals surface area contributed by atoms with E-state index in [0.29, 0.717) is 5.75 Å². The molecule has 64 valence electrons. The van der Waals surface area contributed by atoms with Crippen LogP contribution in [0.5, 0.6) is 0 Å². The summed E-state index contributed by atoms with van der Waals surface area (Å²) in [6, 6.07) is 5.89. The van der Waals surface area contributed by atoms with E-state index in [1.54, 1.807) is 0 Å². The molecule has 0 aliphatic carbocycles. The van der Waals surface area contributed by atoms with E-state index >= 15 is 0 Å². The van der Waals surface area contributed by atoms with E-state index in [2.05, 4.69) is 8.75 Å². The van der Waals surface area contributed by atoms with Gasteiger partial charge in [-0.15, -0.1) is 0 Å². The maximum absolute atomic E-state index is 8.39. The molecule has 0 bridgehead atoms. The summed E-state index contributed by atoms with van der Waals surface area (Å²) in [6.45, 7) is 0. The largest absolute Gasteiger partial charge is 0.185 e. The first kappa shape index (κ1) is 8.48. The fraction of sp³-hybridized carbons (Fsp3) is 0.125. The summed E-state index contributed by atoms with van der Waals surface area (Å²) in [5.74, 6) is 0.712. The first-order valence-electron chi connectivity index (χ1n) is 3.62. The highest BCUT2D eigenvalue weighted by atomic mass is 32.2.